The van der Waals surface area contributed by atoms with Crippen LogP contribution in [0, 0.1) is 20.8 Å². The topological polar surface area (TPSA) is 112 Å². The molecule has 0 spiro atoms. The Hall–Kier alpha value is -3.14. The molecular weight excluding hydrogens is 408 g/mol. The smallest absolute Gasteiger partial charge is 0.276 e. The van der Waals surface area contributed by atoms with Gasteiger partial charge in [0, 0.05) is 14.1 Å². The Morgan fingerprint density at radius 2 is 1.67 bits per heavy atom. The molecule has 0 radical (unpaired) electrons. The van der Waals surface area contributed by atoms with Gasteiger partial charge in [-0.1, -0.05) is 18.5 Å². The van der Waals surface area contributed by atoms with Crippen molar-refractivity contribution in [3.63, 3.8) is 0 Å². The maximum Gasteiger partial charge on any atom is 0.276 e. The molecule has 30 heavy (non-hydrogen) atoms. The summed E-state index contributed by atoms with van der Waals surface area (Å²) in [5, 5.41) is 18.8. The van der Waals surface area contributed by atoms with E-state index in [4.69, 9.17) is 11.6 Å². The third-order valence-electron chi connectivity index (χ3n) is 5.12. The molecule has 0 aliphatic rings. The summed E-state index contributed by atoms with van der Waals surface area (Å²) in [6.07, 6.45) is 3.52. The molecular formula is C19H25ClN8O2. The van der Waals surface area contributed by atoms with Gasteiger partial charge >= 0.3 is 0 Å². The first-order valence-electron chi connectivity index (χ1n) is 9.49. The van der Waals surface area contributed by atoms with Gasteiger partial charge in [0.2, 0.25) is 5.91 Å². The average Bonchev–Trinajstić information content (AvgIpc) is 3.30. The molecule has 11 heteroatoms. The van der Waals surface area contributed by atoms with Gasteiger partial charge in [-0.15, -0.1) is 0 Å². The maximum atomic E-state index is 13.0. The molecule has 0 bridgehead atoms. The van der Waals surface area contributed by atoms with Crippen LogP contribution in [-0.2, 0) is 18.9 Å². The number of carbonyl (C=O) groups is 2. The summed E-state index contributed by atoms with van der Waals surface area (Å²) < 4.78 is 4.69. The number of halogens is 1. The molecule has 0 aliphatic carbocycles. The number of hydrogen-bond donors (Lipinski definition) is 2. The summed E-state index contributed by atoms with van der Waals surface area (Å²) in [6.45, 7) is 7.34. The monoisotopic (exact) mass is 432 g/mol. The highest BCUT2D eigenvalue weighted by molar-refractivity contribution is 6.31. The number of nitrogens with one attached hydrogen (secondary N) is 2. The highest BCUT2D eigenvalue weighted by Gasteiger charge is 2.26. The minimum Gasteiger partial charge on any atom is -0.321 e. The molecule has 2 amide bonds. The van der Waals surface area contributed by atoms with Crippen LogP contribution in [0.2, 0.25) is 5.02 Å². The van der Waals surface area contributed by atoms with Gasteiger partial charge in [0.05, 0.1) is 45.9 Å². The Bertz CT molecular complexity index is 1110. The molecule has 0 fully saturated rings. The van der Waals surface area contributed by atoms with Crippen LogP contribution in [0.3, 0.4) is 0 Å². The maximum absolute atomic E-state index is 13.0. The van der Waals surface area contributed by atoms with Gasteiger partial charge in [-0.25, -0.2) is 0 Å². The van der Waals surface area contributed by atoms with Crippen molar-refractivity contribution in [2.75, 3.05) is 10.6 Å². The fraction of sp³-hybridized carbons (Fsp3) is 0.421. The van der Waals surface area contributed by atoms with Crippen molar-refractivity contribution in [1.82, 2.24) is 29.3 Å². The average molecular weight is 433 g/mol. The number of anilines is 2. The van der Waals surface area contributed by atoms with E-state index in [9.17, 15) is 9.59 Å². The zero-order chi connectivity index (χ0) is 22.2. The van der Waals surface area contributed by atoms with Gasteiger partial charge < -0.3 is 10.6 Å². The highest BCUT2D eigenvalue weighted by Crippen LogP contribution is 2.25. The van der Waals surface area contributed by atoms with Gasteiger partial charge in [0.1, 0.15) is 11.7 Å². The molecule has 0 aliphatic heterocycles. The predicted octanol–water partition coefficient (Wildman–Crippen LogP) is 2.77. The summed E-state index contributed by atoms with van der Waals surface area (Å²) in [6, 6.07) is -0.576. The summed E-state index contributed by atoms with van der Waals surface area (Å²) in [7, 11) is 3.43. The molecule has 10 nitrogen and oxygen atoms in total. The van der Waals surface area contributed by atoms with Gasteiger partial charge in [-0.05, 0) is 27.2 Å². The van der Waals surface area contributed by atoms with Gasteiger partial charge in [0.15, 0.2) is 0 Å². The van der Waals surface area contributed by atoms with Gasteiger partial charge in [0.25, 0.3) is 5.91 Å². The summed E-state index contributed by atoms with van der Waals surface area (Å²) in [4.78, 5) is 25.9. The van der Waals surface area contributed by atoms with E-state index >= 15 is 0 Å². The predicted molar refractivity (Wildman–Crippen MR) is 114 cm³/mol. The van der Waals surface area contributed by atoms with Crippen LogP contribution in [0.1, 0.15) is 47.0 Å². The third kappa shape index (κ3) is 3.82. The quantitative estimate of drug-likeness (QED) is 0.622. The van der Waals surface area contributed by atoms with E-state index in [-0.39, 0.29) is 11.6 Å². The number of carbonyl (C=O) groups excluding carboxylic acids is 2. The number of rotatable bonds is 6. The van der Waals surface area contributed by atoms with E-state index in [1.165, 1.54) is 10.9 Å². The van der Waals surface area contributed by atoms with E-state index in [0.717, 1.165) is 5.69 Å². The molecule has 3 heterocycles. The zero-order valence-electron chi connectivity index (χ0n) is 17.8. The Morgan fingerprint density at radius 1 is 1.03 bits per heavy atom. The lowest BCUT2D eigenvalue weighted by atomic mass is 10.2. The van der Waals surface area contributed by atoms with Gasteiger partial charge in [-0.2, -0.15) is 15.3 Å². The number of nitrogens with zero attached hydrogens (tertiary/aromatic N) is 6. The number of aryl methyl sites for hydroxylation is 3. The van der Waals surface area contributed by atoms with Crippen LogP contribution in [0.25, 0.3) is 0 Å². The van der Waals surface area contributed by atoms with E-state index in [1.54, 1.807) is 36.6 Å². The first kappa shape index (κ1) is 21.6. The van der Waals surface area contributed by atoms with Crippen LogP contribution >= 0.6 is 11.6 Å². The first-order chi connectivity index (χ1) is 14.1. The lowest BCUT2D eigenvalue weighted by Gasteiger charge is -2.17. The van der Waals surface area contributed by atoms with E-state index in [1.807, 2.05) is 20.8 Å². The van der Waals surface area contributed by atoms with Crippen molar-refractivity contribution in [3.05, 3.63) is 40.2 Å². The van der Waals surface area contributed by atoms with E-state index in [0.29, 0.717) is 34.2 Å². The minimum atomic E-state index is -0.576. The number of amides is 2. The fourth-order valence-electron chi connectivity index (χ4n) is 3.23. The van der Waals surface area contributed by atoms with Crippen molar-refractivity contribution < 1.29 is 9.59 Å². The molecule has 3 rings (SSSR count). The molecule has 0 saturated carbocycles. The second-order valence-corrected chi connectivity index (χ2v) is 7.47. The molecule has 3 aromatic rings. The first-order valence-corrected chi connectivity index (χ1v) is 9.87. The lowest BCUT2D eigenvalue weighted by Crippen LogP contribution is -2.28. The van der Waals surface area contributed by atoms with Crippen LogP contribution in [0.4, 0.5) is 11.4 Å². The minimum absolute atomic E-state index is 0.229. The van der Waals surface area contributed by atoms with E-state index in [2.05, 4.69) is 25.9 Å². The summed E-state index contributed by atoms with van der Waals surface area (Å²) in [5.41, 5.74) is 3.31. The molecule has 2 N–H and O–H groups in total. The van der Waals surface area contributed by atoms with Crippen molar-refractivity contribution in [2.45, 2.75) is 40.2 Å². The van der Waals surface area contributed by atoms with Crippen LogP contribution in [0.5, 0.6) is 0 Å². The molecule has 1 atom stereocenters. The third-order valence-corrected chi connectivity index (χ3v) is 5.66. The largest absolute Gasteiger partial charge is 0.321 e. The van der Waals surface area contributed by atoms with Crippen LogP contribution in [-0.4, -0.2) is 41.2 Å². The Labute approximate surface area is 179 Å². The summed E-state index contributed by atoms with van der Waals surface area (Å²) in [5.74, 6) is -0.706. The second-order valence-electron chi connectivity index (χ2n) is 7.09. The standard InChI is InChI=1S/C19H25ClN8O2/c1-7-15(28-12(4)16(20)10(2)25-28)18(29)24-14-9-22-27(6)17(14)19(30)23-13-8-21-26(5)11(13)3/h8-9,15H,7H2,1-6H3,(H,23,30)(H,24,29). The lowest BCUT2D eigenvalue weighted by molar-refractivity contribution is -0.119. The fourth-order valence-corrected chi connectivity index (χ4v) is 3.36. The van der Waals surface area contributed by atoms with Crippen molar-refractivity contribution >= 4 is 34.8 Å². The highest BCUT2D eigenvalue weighted by atomic mass is 35.5. The molecule has 1 unspecified atom stereocenters. The summed E-state index contributed by atoms with van der Waals surface area (Å²) >= 11 is 6.24. The van der Waals surface area contributed by atoms with Crippen LogP contribution in [0.15, 0.2) is 12.4 Å². The van der Waals surface area contributed by atoms with Crippen LogP contribution < -0.4 is 10.6 Å². The Morgan fingerprint density at radius 3 is 2.20 bits per heavy atom. The second kappa shape index (κ2) is 8.31. The Balaban J connectivity index is 1.85. The normalized spacial score (nSPS) is 12.1. The van der Waals surface area contributed by atoms with Crippen molar-refractivity contribution in [2.24, 2.45) is 14.1 Å². The molecule has 0 aromatic carbocycles. The molecule has 3 aromatic heterocycles. The van der Waals surface area contributed by atoms with Crippen molar-refractivity contribution in [1.29, 1.82) is 0 Å². The molecule has 0 saturated heterocycles. The molecule has 160 valence electrons. The SMILES string of the molecule is CCC(C(=O)Nc1cnn(C)c1C(=O)Nc1cnn(C)c1C)n1nc(C)c(Cl)c1C. The van der Waals surface area contributed by atoms with E-state index < -0.39 is 11.9 Å². The zero-order valence-corrected chi connectivity index (χ0v) is 18.6. The van der Waals surface area contributed by atoms with Gasteiger partial charge in [-0.3, -0.25) is 23.6 Å². The number of aromatic nitrogens is 6. The van der Waals surface area contributed by atoms with Crippen molar-refractivity contribution in [3.8, 4) is 0 Å². The number of hydrogen-bond acceptors (Lipinski definition) is 5. The Kier molecular flexibility index (Phi) is 5.97.